The Hall–Kier alpha value is -0.870. The third kappa shape index (κ3) is 2.93. The molecule has 0 unspecified atom stereocenters. The second-order valence-electron chi connectivity index (χ2n) is 4.82. The summed E-state index contributed by atoms with van der Waals surface area (Å²) in [6.07, 6.45) is 2.08. The summed E-state index contributed by atoms with van der Waals surface area (Å²) >= 11 is 3.46. The van der Waals surface area contributed by atoms with Crippen LogP contribution in [0.25, 0.3) is 0 Å². The zero-order valence-electron chi connectivity index (χ0n) is 10.9. The molecule has 1 heterocycles. The maximum absolute atomic E-state index is 12.3. The van der Waals surface area contributed by atoms with Crippen LogP contribution in [0.1, 0.15) is 28.8 Å². The van der Waals surface area contributed by atoms with Crippen LogP contribution in [0.3, 0.4) is 0 Å². The van der Waals surface area contributed by atoms with Crippen molar-refractivity contribution in [2.75, 3.05) is 20.1 Å². The second-order valence-corrected chi connectivity index (χ2v) is 5.67. The van der Waals surface area contributed by atoms with E-state index in [0.717, 1.165) is 41.5 Å². The van der Waals surface area contributed by atoms with Gasteiger partial charge in [0.15, 0.2) is 0 Å². The summed E-state index contributed by atoms with van der Waals surface area (Å²) in [6, 6.07) is 6.35. The Kier molecular flexibility index (Phi) is 4.40. The third-order valence-corrected chi connectivity index (χ3v) is 4.49. The molecule has 1 aromatic carbocycles. The smallest absolute Gasteiger partial charge is 0.253 e. The number of hydrogen-bond acceptors (Lipinski definition) is 2. The molecule has 1 aliphatic heterocycles. The number of carbonyl (C=O) groups excluding carboxylic acids is 1. The van der Waals surface area contributed by atoms with Crippen LogP contribution in [0, 0.1) is 6.92 Å². The van der Waals surface area contributed by atoms with Crippen molar-refractivity contribution < 1.29 is 4.79 Å². The van der Waals surface area contributed by atoms with Crippen molar-refractivity contribution in [1.29, 1.82) is 0 Å². The fourth-order valence-corrected chi connectivity index (χ4v) is 2.58. The molecule has 0 spiro atoms. The minimum atomic E-state index is 0.153. The lowest BCUT2D eigenvalue weighted by Gasteiger charge is -2.32. The van der Waals surface area contributed by atoms with Gasteiger partial charge in [0, 0.05) is 29.2 Å². The average molecular weight is 311 g/mol. The number of benzene rings is 1. The van der Waals surface area contributed by atoms with Crippen LogP contribution in [0.4, 0.5) is 0 Å². The molecular weight excluding hydrogens is 292 g/mol. The number of nitrogens with one attached hydrogen (secondary N) is 1. The largest absolute Gasteiger partial charge is 0.339 e. The van der Waals surface area contributed by atoms with Crippen molar-refractivity contribution in [2.45, 2.75) is 25.8 Å². The van der Waals surface area contributed by atoms with Gasteiger partial charge < -0.3 is 10.2 Å². The van der Waals surface area contributed by atoms with Gasteiger partial charge in [-0.2, -0.15) is 0 Å². The Morgan fingerprint density at radius 1 is 1.39 bits per heavy atom. The van der Waals surface area contributed by atoms with E-state index in [0.29, 0.717) is 6.04 Å². The van der Waals surface area contributed by atoms with Crippen molar-refractivity contribution in [3.8, 4) is 0 Å². The van der Waals surface area contributed by atoms with Crippen molar-refractivity contribution in [1.82, 2.24) is 10.2 Å². The zero-order chi connectivity index (χ0) is 13.1. The lowest BCUT2D eigenvalue weighted by Crippen LogP contribution is -2.43. The molecule has 1 N–H and O–H groups in total. The number of hydrogen-bond donors (Lipinski definition) is 1. The summed E-state index contributed by atoms with van der Waals surface area (Å²) in [5.74, 6) is 0.153. The van der Waals surface area contributed by atoms with E-state index in [4.69, 9.17) is 0 Å². The van der Waals surface area contributed by atoms with Crippen LogP contribution >= 0.6 is 15.9 Å². The highest BCUT2D eigenvalue weighted by molar-refractivity contribution is 9.10. The number of carbonyl (C=O) groups is 1. The van der Waals surface area contributed by atoms with E-state index in [9.17, 15) is 4.79 Å². The predicted molar refractivity (Wildman–Crippen MR) is 76.9 cm³/mol. The molecule has 1 saturated heterocycles. The first-order valence-corrected chi connectivity index (χ1v) is 7.14. The Morgan fingerprint density at radius 3 is 2.61 bits per heavy atom. The van der Waals surface area contributed by atoms with Crippen LogP contribution in [0.15, 0.2) is 22.7 Å². The molecule has 0 radical (unpaired) electrons. The number of halogens is 1. The highest BCUT2D eigenvalue weighted by Gasteiger charge is 2.22. The van der Waals surface area contributed by atoms with Crippen molar-refractivity contribution >= 4 is 21.8 Å². The molecule has 0 saturated carbocycles. The molecule has 0 aliphatic carbocycles. The number of piperidine rings is 1. The first-order chi connectivity index (χ1) is 8.61. The van der Waals surface area contributed by atoms with Crippen molar-refractivity contribution in [2.24, 2.45) is 0 Å². The Bertz CT molecular complexity index is 439. The fraction of sp³-hybridized carbons (Fsp3) is 0.500. The van der Waals surface area contributed by atoms with Crippen LogP contribution in [0.2, 0.25) is 0 Å². The predicted octanol–water partition coefficient (Wildman–Crippen LogP) is 2.58. The summed E-state index contributed by atoms with van der Waals surface area (Å²) in [7, 11) is 1.99. The monoisotopic (exact) mass is 310 g/mol. The minimum Gasteiger partial charge on any atom is -0.339 e. The molecule has 1 aromatic rings. The normalized spacial score (nSPS) is 16.9. The van der Waals surface area contributed by atoms with Crippen molar-refractivity contribution in [3.05, 3.63) is 33.8 Å². The zero-order valence-corrected chi connectivity index (χ0v) is 12.5. The van der Waals surface area contributed by atoms with Gasteiger partial charge in [0.05, 0.1) is 0 Å². The molecular formula is C14H19BrN2O. The van der Waals surface area contributed by atoms with Gasteiger partial charge in [-0.25, -0.2) is 0 Å². The lowest BCUT2D eigenvalue weighted by molar-refractivity contribution is 0.0707. The molecule has 18 heavy (non-hydrogen) atoms. The topological polar surface area (TPSA) is 32.3 Å². The van der Waals surface area contributed by atoms with Crippen molar-refractivity contribution in [3.63, 3.8) is 0 Å². The minimum absolute atomic E-state index is 0.153. The van der Waals surface area contributed by atoms with Crippen LogP contribution in [0.5, 0.6) is 0 Å². The van der Waals surface area contributed by atoms with Gasteiger partial charge in [-0.1, -0.05) is 15.9 Å². The van der Waals surface area contributed by atoms with Gasteiger partial charge in [0.1, 0.15) is 0 Å². The third-order valence-electron chi connectivity index (χ3n) is 3.60. The summed E-state index contributed by atoms with van der Waals surface area (Å²) in [5.41, 5.74) is 1.89. The second kappa shape index (κ2) is 5.85. The summed E-state index contributed by atoms with van der Waals surface area (Å²) < 4.78 is 1.05. The number of rotatable bonds is 2. The average Bonchev–Trinajstić information content (AvgIpc) is 2.41. The maximum Gasteiger partial charge on any atom is 0.253 e. The molecule has 1 aliphatic rings. The van der Waals surface area contributed by atoms with E-state index in [1.54, 1.807) is 0 Å². The van der Waals surface area contributed by atoms with E-state index >= 15 is 0 Å². The first kappa shape index (κ1) is 13.6. The maximum atomic E-state index is 12.3. The van der Waals surface area contributed by atoms with Crippen LogP contribution in [-0.4, -0.2) is 37.0 Å². The standard InChI is InChI=1S/C14H19BrN2O/c1-10-9-11(3-4-13(10)15)14(18)17-7-5-12(16-2)6-8-17/h3-4,9,12,16H,5-8H2,1-2H3. The lowest BCUT2D eigenvalue weighted by atomic mass is 10.0. The summed E-state index contributed by atoms with van der Waals surface area (Å²) in [4.78, 5) is 14.3. The van der Waals surface area contributed by atoms with Gasteiger partial charge >= 0.3 is 0 Å². The van der Waals surface area contributed by atoms with Crippen LogP contribution < -0.4 is 5.32 Å². The number of likely N-dealkylation sites (tertiary alicyclic amines) is 1. The Morgan fingerprint density at radius 2 is 2.06 bits per heavy atom. The van der Waals surface area contributed by atoms with Gasteiger partial charge in [0.25, 0.3) is 5.91 Å². The molecule has 2 rings (SSSR count). The van der Waals surface area contributed by atoms with E-state index in [-0.39, 0.29) is 5.91 Å². The fourth-order valence-electron chi connectivity index (χ4n) is 2.33. The Balaban J connectivity index is 2.05. The van der Waals surface area contributed by atoms with Gasteiger partial charge in [0.2, 0.25) is 0 Å². The summed E-state index contributed by atoms with van der Waals surface area (Å²) in [5, 5.41) is 3.28. The van der Waals surface area contributed by atoms with Crippen LogP contribution in [-0.2, 0) is 0 Å². The molecule has 1 amide bonds. The molecule has 1 fully saturated rings. The number of aryl methyl sites for hydroxylation is 1. The molecule has 3 nitrogen and oxygen atoms in total. The number of nitrogens with zero attached hydrogens (tertiary/aromatic N) is 1. The highest BCUT2D eigenvalue weighted by atomic mass is 79.9. The molecule has 0 aromatic heterocycles. The highest BCUT2D eigenvalue weighted by Crippen LogP contribution is 2.19. The number of amides is 1. The SMILES string of the molecule is CNC1CCN(C(=O)c2ccc(Br)c(C)c2)CC1. The first-order valence-electron chi connectivity index (χ1n) is 6.34. The summed E-state index contributed by atoms with van der Waals surface area (Å²) in [6.45, 7) is 3.70. The molecule has 0 atom stereocenters. The molecule has 4 heteroatoms. The van der Waals surface area contributed by atoms with E-state index in [1.165, 1.54) is 0 Å². The van der Waals surface area contributed by atoms with E-state index < -0.39 is 0 Å². The van der Waals surface area contributed by atoms with E-state index in [1.807, 2.05) is 37.1 Å². The van der Waals surface area contributed by atoms with E-state index in [2.05, 4.69) is 21.2 Å². The van der Waals surface area contributed by atoms with Gasteiger partial charge in [-0.15, -0.1) is 0 Å². The molecule has 98 valence electrons. The quantitative estimate of drug-likeness (QED) is 0.910. The molecule has 0 bridgehead atoms. The van der Waals surface area contributed by atoms with Gasteiger partial charge in [-0.05, 0) is 50.6 Å². The Labute approximate surface area is 117 Å². The van der Waals surface area contributed by atoms with Gasteiger partial charge in [-0.3, -0.25) is 4.79 Å².